The van der Waals surface area contributed by atoms with Gasteiger partial charge in [0.15, 0.2) is 0 Å². The van der Waals surface area contributed by atoms with Crippen molar-refractivity contribution in [3.63, 3.8) is 0 Å². The van der Waals surface area contributed by atoms with Crippen LogP contribution < -0.4 is 0 Å². The van der Waals surface area contributed by atoms with Crippen LogP contribution in [0.3, 0.4) is 0 Å². The van der Waals surface area contributed by atoms with Crippen LogP contribution >= 0.6 is 11.6 Å². The third-order valence-corrected chi connectivity index (χ3v) is 2.08. The van der Waals surface area contributed by atoms with E-state index in [1.165, 1.54) is 0 Å². The van der Waals surface area contributed by atoms with Gasteiger partial charge in [-0.3, -0.25) is 4.98 Å². The normalized spacial score (nSPS) is 15.4. The summed E-state index contributed by atoms with van der Waals surface area (Å²) in [6.07, 6.45) is -0.325. The van der Waals surface area contributed by atoms with Gasteiger partial charge in [0, 0.05) is 6.20 Å². The summed E-state index contributed by atoms with van der Waals surface area (Å²) in [6, 6.07) is 3.50. The molecule has 2 unspecified atom stereocenters. The lowest BCUT2D eigenvalue weighted by atomic mass is 10.1. The van der Waals surface area contributed by atoms with E-state index in [1.807, 2.05) is 13.0 Å². The fourth-order valence-electron chi connectivity index (χ4n) is 0.936. The Morgan fingerprint density at radius 2 is 2.15 bits per heavy atom. The van der Waals surface area contributed by atoms with Crippen molar-refractivity contribution in [1.82, 2.24) is 4.98 Å². The molecule has 0 saturated carbocycles. The number of halogens is 1. The molecule has 0 aromatic carbocycles. The second-order valence-corrected chi connectivity index (χ2v) is 3.24. The van der Waals surface area contributed by atoms with Crippen molar-refractivity contribution in [2.75, 3.05) is 5.88 Å². The van der Waals surface area contributed by atoms with Crippen molar-refractivity contribution in [3.05, 3.63) is 29.6 Å². The number of alkyl halides is 1. The molecule has 0 bridgehead atoms. The van der Waals surface area contributed by atoms with E-state index in [0.29, 0.717) is 5.69 Å². The van der Waals surface area contributed by atoms with E-state index < -0.39 is 12.2 Å². The lowest BCUT2D eigenvalue weighted by molar-refractivity contribution is 0.0300. The lowest BCUT2D eigenvalue weighted by Crippen LogP contribution is -2.20. The number of hydrogen-bond donors (Lipinski definition) is 2. The molecule has 0 fully saturated rings. The minimum atomic E-state index is -1.00. The van der Waals surface area contributed by atoms with E-state index >= 15 is 0 Å². The highest BCUT2D eigenvalue weighted by Crippen LogP contribution is 2.15. The van der Waals surface area contributed by atoms with Gasteiger partial charge in [-0.1, -0.05) is 6.07 Å². The van der Waals surface area contributed by atoms with Crippen LogP contribution in [-0.4, -0.2) is 27.2 Å². The zero-order chi connectivity index (χ0) is 9.84. The molecule has 2 N–H and O–H groups in total. The summed E-state index contributed by atoms with van der Waals surface area (Å²) in [5.74, 6) is -0.00325. The summed E-state index contributed by atoms with van der Waals surface area (Å²) >= 11 is 5.39. The Labute approximate surface area is 82.0 Å². The summed E-state index contributed by atoms with van der Waals surface area (Å²) in [7, 11) is 0. The highest BCUT2D eigenvalue weighted by Gasteiger charge is 2.17. The van der Waals surface area contributed by atoms with Gasteiger partial charge in [0.25, 0.3) is 0 Å². The van der Waals surface area contributed by atoms with Crippen LogP contribution in [0.25, 0.3) is 0 Å². The Morgan fingerprint density at radius 1 is 1.46 bits per heavy atom. The van der Waals surface area contributed by atoms with Crippen molar-refractivity contribution >= 4 is 11.6 Å². The summed E-state index contributed by atoms with van der Waals surface area (Å²) < 4.78 is 0. The Hall–Kier alpha value is -0.640. The first-order valence-electron chi connectivity index (χ1n) is 4.00. The quantitative estimate of drug-likeness (QED) is 0.719. The fraction of sp³-hybridized carbons (Fsp3) is 0.444. The van der Waals surface area contributed by atoms with Crippen molar-refractivity contribution in [2.24, 2.45) is 0 Å². The predicted octanol–water partition coefficient (Wildman–Crippen LogP) is 1.02. The lowest BCUT2D eigenvalue weighted by Gasteiger charge is -2.14. The van der Waals surface area contributed by atoms with Crippen LogP contribution in [0.15, 0.2) is 18.3 Å². The van der Waals surface area contributed by atoms with E-state index in [-0.39, 0.29) is 5.88 Å². The van der Waals surface area contributed by atoms with Crippen LogP contribution in [0.1, 0.15) is 17.4 Å². The van der Waals surface area contributed by atoms with Crippen molar-refractivity contribution in [1.29, 1.82) is 0 Å². The molecule has 2 atom stereocenters. The van der Waals surface area contributed by atoms with Crippen LogP contribution in [-0.2, 0) is 0 Å². The largest absolute Gasteiger partial charge is 0.389 e. The molecule has 1 aromatic rings. The maximum absolute atomic E-state index is 9.48. The molecule has 0 aliphatic rings. The second kappa shape index (κ2) is 4.56. The van der Waals surface area contributed by atoms with E-state index in [9.17, 15) is 10.2 Å². The van der Waals surface area contributed by atoms with Crippen LogP contribution in [0, 0.1) is 6.92 Å². The average Bonchev–Trinajstić information content (AvgIpc) is 2.17. The number of pyridine rings is 1. The molecular formula is C9H12ClNO2. The average molecular weight is 202 g/mol. The molecule has 0 spiro atoms. The van der Waals surface area contributed by atoms with E-state index in [2.05, 4.69) is 4.98 Å². The van der Waals surface area contributed by atoms with Crippen LogP contribution in [0.4, 0.5) is 0 Å². The maximum Gasteiger partial charge on any atom is 0.123 e. The first kappa shape index (κ1) is 10.4. The Bertz CT molecular complexity index is 263. The van der Waals surface area contributed by atoms with Gasteiger partial charge in [-0.05, 0) is 18.6 Å². The monoisotopic (exact) mass is 201 g/mol. The highest BCUT2D eigenvalue weighted by molar-refractivity contribution is 6.18. The molecule has 1 rings (SSSR count). The molecule has 0 saturated heterocycles. The first-order chi connectivity index (χ1) is 6.15. The smallest absolute Gasteiger partial charge is 0.123 e. The summed E-state index contributed by atoms with van der Waals surface area (Å²) in [5.41, 5.74) is 1.45. The molecule has 1 heterocycles. The highest BCUT2D eigenvalue weighted by atomic mass is 35.5. The van der Waals surface area contributed by atoms with Gasteiger partial charge >= 0.3 is 0 Å². The standard InChI is InChI=1S/C9H12ClNO2/c1-6-2-3-7(11-5-6)9(13)8(12)4-10/h2-3,5,8-9,12-13H,4H2,1H3. The Morgan fingerprint density at radius 3 is 2.62 bits per heavy atom. The minimum Gasteiger partial charge on any atom is -0.389 e. The van der Waals surface area contributed by atoms with Crippen LogP contribution in [0.5, 0.6) is 0 Å². The number of aliphatic hydroxyl groups is 2. The maximum atomic E-state index is 9.48. The third kappa shape index (κ3) is 2.66. The summed E-state index contributed by atoms with van der Waals surface area (Å²) in [6.45, 7) is 1.90. The molecule has 4 heteroatoms. The topological polar surface area (TPSA) is 53.4 Å². The number of rotatable bonds is 3. The van der Waals surface area contributed by atoms with Crippen LogP contribution in [0.2, 0.25) is 0 Å². The first-order valence-corrected chi connectivity index (χ1v) is 4.53. The van der Waals surface area contributed by atoms with Gasteiger partial charge in [0.05, 0.1) is 17.7 Å². The minimum absolute atomic E-state index is 0.00325. The van der Waals surface area contributed by atoms with Crippen molar-refractivity contribution in [2.45, 2.75) is 19.1 Å². The van der Waals surface area contributed by atoms with Crippen molar-refractivity contribution in [3.8, 4) is 0 Å². The summed E-state index contributed by atoms with van der Waals surface area (Å²) in [4.78, 5) is 3.98. The number of aromatic nitrogens is 1. The zero-order valence-electron chi connectivity index (χ0n) is 7.31. The second-order valence-electron chi connectivity index (χ2n) is 2.93. The van der Waals surface area contributed by atoms with Gasteiger partial charge in [-0.2, -0.15) is 0 Å². The van der Waals surface area contributed by atoms with Gasteiger partial charge < -0.3 is 10.2 Å². The van der Waals surface area contributed by atoms with E-state index in [0.717, 1.165) is 5.56 Å². The van der Waals surface area contributed by atoms with E-state index in [4.69, 9.17) is 11.6 Å². The van der Waals surface area contributed by atoms with Gasteiger partial charge in [-0.25, -0.2) is 0 Å². The van der Waals surface area contributed by atoms with Gasteiger partial charge in [0.2, 0.25) is 0 Å². The molecule has 0 aliphatic carbocycles. The SMILES string of the molecule is Cc1ccc(C(O)C(O)CCl)nc1. The number of nitrogens with zero attached hydrogens (tertiary/aromatic N) is 1. The fourth-order valence-corrected chi connectivity index (χ4v) is 1.10. The number of aliphatic hydroxyl groups excluding tert-OH is 2. The molecule has 3 nitrogen and oxygen atoms in total. The van der Waals surface area contributed by atoms with E-state index in [1.54, 1.807) is 12.3 Å². The Balaban J connectivity index is 2.77. The molecule has 0 radical (unpaired) electrons. The summed E-state index contributed by atoms with van der Waals surface area (Å²) in [5, 5.41) is 18.7. The number of hydrogen-bond acceptors (Lipinski definition) is 3. The van der Waals surface area contributed by atoms with Gasteiger partial charge in [0.1, 0.15) is 6.10 Å². The molecular weight excluding hydrogens is 190 g/mol. The Kier molecular flexibility index (Phi) is 3.66. The molecule has 1 aromatic heterocycles. The van der Waals surface area contributed by atoms with Crippen molar-refractivity contribution < 1.29 is 10.2 Å². The third-order valence-electron chi connectivity index (χ3n) is 1.76. The number of aryl methyl sites for hydroxylation is 1. The molecule has 13 heavy (non-hydrogen) atoms. The molecule has 0 amide bonds. The zero-order valence-corrected chi connectivity index (χ0v) is 8.07. The molecule has 72 valence electrons. The predicted molar refractivity (Wildman–Crippen MR) is 50.7 cm³/mol. The van der Waals surface area contributed by atoms with Gasteiger partial charge in [-0.15, -0.1) is 11.6 Å². The molecule has 0 aliphatic heterocycles.